The number of rotatable bonds is 3. The van der Waals surface area contributed by atoms with E-state index in [9.17, 15) is 0 Å². The second-order valence-electron chi connectivity index (χ2n) is 8.06. The van der Waals surface area contributed by atoms with E-state index in [2.05, 4.69) is 67.9 Å². The third-order valence-corrected chi connectivity index (χ3v) is 5.44. The fraction of sp³-hybridized carbons (Fsp3) is 0.125. The van der Waals surface area contributed by atoms with Crippen LogP contribution in [0.2, 0.25) is 0 Å². The number of aryl methyl sites for hydroxylation is 2. The number of hydrogen-bond acceptors (Lipinski definition) is 2. The Hall–Kier alpha value is -4.40. The van der Waals surface area contributed by atoms with Crippen LogP contribution in [-0.2, 0) is 0 Å². The van der Waals surface area contributed by atoms with E-state index in [1.54, 1.807) is 14.2 Å². The van der Waals surface area contributed by atoms with Crippen LogP contribution in [0.1, 0.15) is 33.4 Å². The van der Waals surface area contributed by atoms with Gasteiger partial charge in [0.05, 0.1) is 14.2 Å². The Kier molecular flexibility index (Phi) is 7.02. The average molecular weight is 443 g/mol. The van der Waals surface area contributed by atoms with Crippen LogP contribution in [0.25, 0.3) is 11.1 Å². The van der Waals surface area contributed by atoms with Crippen LogP contribution < -0.4 is 9.47 Å². The minimum Gasteiger partial charge on any atom is -0.497 e. The van der Waals surface area contributed by atoms with Crippen molar-refractivity contribution in [2.45, 2.75) is 13.8 Å². The first kappa shape index (κ1) is 22.8. The molecule has 2 heteroatoms. The highest BCUT2D eigenvalue weighted by atomic mass is 16.5. The first-order chi connectivity index (χ1) is 16.6. The van der Waals surface area contributed by atoms with Crippen LogP contribution in [0.4, 0.5) is 0 Å². The van der Waals surface area contributed by atoms with Gasteiger partial charge in [-0.3, -0.25) is 0 Å². The number of methoxy groups -OCH3 is 2. The lowest BCUT2D eigenvalue weighted by atomic mass is 9.92. The Morgan fingerprint density at radius 3 is 1.38 bits per heavy atom. The van der Waals surface area contributed by atoms with Crippen LogP contribution in [-0.4, -0.2) is 14.2 Å². The van der Waals surface area contributed by atoms with Crippen molar-refractivity contribution in [1.82, 2.24) is 0 Å². The van der Waals surface area contributed by atoms with Crippen molar-refractivity contribution >= 4 is 0 Å². The summed E-state index contributed by atoms with van der Waals surface area (Å²) in [6.45, 7) is 4.23. The lowest BCUT2D eigenvalue weighted by molar-refractivity contribution is 0.414. The minimum absolute atomic E-state index is 0.817. The van der Waals surface area contributed by atoms with Crippen LogP contribution in [0.5, 0.6) is 11.5 Å². The molecular weight excluding hydrogens is 416 g/mol. The largest absolute Gasteiger partial charge is 0.497 e. The summed E-state index contributed by atoms with van der Waals surface area (Å²) in [7, 11) is 3.32. The fourth-order valence-corrected chi connectivity index (χ4v) is 3.82. The number of hydrogen-bond donors (Lipinski definition) is 0. The maximum absolute atomic E-state index is 5.25. The summed E-state index contributed by atoms with van der Waals surface area (Å²) >= 11 is 0. The van der Waals surface area contributed by atoms with Crippen molar-refractivity contribution in [3.8, 4) is 46.3 Å². The first-order valence-corrected chi connectivity index (χ1v) is 11.1. The van der Waals surface area contributed by atoms with Gasteiger partial charge in [-0.1, -0.05) is 59.1 Å². The molecule has 0 heterocycles. The van der Waals surface area contributed by atoms with Gasteiger partial charge in [-0.15, -0.1) is 0 Å². The molecule has 0 aliphatic heterocycles. The predicted molar refractivity (Wildman–Crippen MR) is 139 cm³/mol. The van der Waals surface area contributed by atoms with Crippen molar-refractivity contribution < 1.29 is 9.47 Å². The molecule has 0 fully saturated rings. The standard InChI is InChI=1S/C32H26O2/c1-23-20-24(2)22-29(21-23)32-27(14-8-25-10-16-30(33-3)17-11-25)6-5-7-28(32)15-9-26-12-18-31(34-4)19-13-26/h5-7,10-13,16-22H,1-4H3. The molecule has 2 nitrogen and oxygen atoms in total. The molecule has 0 aliphatic rings. The summed E-state index contributed by atoms with van der Waals surface area (Å²) in [4.78, 5) is 0. The van der Waals surface area contributed by atoms with E-state index in [0.717, 1.165) is 44.9 Å². The van der Waals surface area contributed by atoms with Crippen molar-refractivity contribution in [1.29, 1.82) is 0 Å². The number of ether oxygens (including phenoxy) is 2. The molecule has 4 aromatic rings. The predicted octanol–water partition coefficient (Wildman–Crippen LogP) is 6.79. The molecular formula is C32H26O2. The quantitative estimate of drug-likeness (QED) is 0.325. The molecule has 0 saturated carbocycles. The summed E-state index contributed by atoms with van der Waals surface area (Å²) < 4.78 is 10.5. The van der Waals surface area contributed by atoms with E-state index in [1.807, 2.05) is 54.6 Å². The molecule has 0 unspecified atom stereocenters. The van der Waals surface area contributed by atoms with Gasteiger partial charge < -0.3 is 9.47 Å². The minimum atomic E-state index is 0.817. The molecule has 0 amide bonds. The second-order valence-corrected chi connectivity index (χ2v) is 8.06. The van der Waals surface area contributed by atoms with Gasteiger partial charge in [0.1, 0.15) is 11.5 Å². The lowest BCUT2D eigenvalue weighted by Crippen LogP contribution is -1.92. The highest BCUT2D eigenvalue weighted by molar-refractivity contribution is 5.79. The Labute approximate surface area is 202 Å². The molecule has 4 aromatic carbocycles. The van der Waals surface area contributed by atoms with Crippen molar-refractivity contribution in [2.75, 3.05) is 14.2 Å². The van der Waals surface area contributed by atoms with Gasteiger partial charge >= 0.3 is 0 Å². The zero-order chi connectivity index (χ0) is 23.9. The van der Waals surface area contributed by atoms with Crippen molar-refractivity contribution in [3.05, 3.63) is 118 Å². The van der Waals surface area contributed by atoms with Crippen molar-refractivity contribution in [3.63, 3.8) is 0 Å². The summed E-state index contributed by atoms with van der Waals surface area (Å²) in [5, 5.41) is 0. The molecule has 0 N–H and O–H groups in total. The van der Waals surface area contributed by atoms with Gasteiger partial charge in [0, 0.05) is 27.8 Å². The van der Waals surface area contributed by atoms with Crippen molar-refractivity contribution in [2.24, 2.45) is 0 Å². The maximum Gasteiger partial charge on any atom is 0.118 e. The molecule has 166 valence electrons. The van der Waals surface area contributed by atoms with Gasteiger partial charge in [0.2, 0.25) is 0 Å². The molecule has 0 aliphatic carbocycles. The summed E-state index contributed by atoms with van der Waals surface area (Å²) in [6.07, 6.45) is 0. The van der Waals surface area contributed by atoms with E-state index in [4.69, 9.17) is 9.47 Å². The van der Waals surface area contributed by atoms with Crippen LogP contribution in [0.15, 0.2) is 84.9 Å². The SMILES string of the molecule is COc1ccc(C#Cc2cccc(C#Cc3ccc(OC)cc3)c2-c2cc(C)cc(C)c2)cc1. The molecule has 0 bridgehead atoms. The van der Waals surface area contributed by atoms with E-state index < -0.39 is 0 Å². The highest BCUT2D eigenvalue weighted by Crippen LogP contribution is 2.29. The summed E-state index contributed by atoms with van der Waals surface area (Å²) in [5.41, 5.74) is 8.35. The van der Waals surface area contributed by atoms with E-state index in [0.29, 0.717) is 0 Å². The van der Waals surface area contributed by atoms with Crippen LogP contribution >= 0.6 is 0 Å². The average Bonchev–Trinajstić information content (AvgIpc) is 2.86. The molecule has 0 spiro atoms. The number of benzene rings is 4. The van der Waals surface area contributed by atoms with E-state index in [1.165, 1.54) is 11.1 Å². The topological polar surface area (TPSA) is 18.5 Å². The first-order valence-electron chi connectivity index (χ1n) is 11.1. The molecule has 0 atom stereocenters. The van der Waals surface area contributed by atoms with Crippen LogP contribution in [0, 0.1) is 37.5 Å². The second kappa shape index (κ2) is 10.5. The maximum atomic E-state index is 5.25. The Bertz CT molecular complexity index is 1320. The monoisotopic (exact) mass is 442 g/mol. The summed E-state index contributed by atoms with van der Waals surface area (Å²) in [6, 6.07) is 28.3. The molecule has 34 heavy (non-hydrogen) atoms. The van der Waals surface area contributed by atoms with Gasteiger partial charge in [-0.05, 0) is 80.1 Å². The molecule has 4 rings (SSSR count). The van der Waals surface area contributed by atoms with Crippen LogP contribution in [0.3, 0.4) is 0 Å². The van der Waals surface area contributed by atoms with Gasteiger partial charge in [-0.25, -0.2) is 0 Å². The summed E-state index contributed by atoms with van der Waals surface area (Å²) in [5.74, 6) is 15.0. The zero-order valence-electron chi connectivity index (χ0n) is 19.9. The molecule has 0 saturated heterocycles. The Morgan fingerprint density at radius 2 is 0.971 bits per heavy atom. The fourth-order valence-electron chi connectivity index (χ4n) is 3.82. The molecule has 0 radical (unpaired) electrons. The zero-order valence-corrected chi connectivity index (χ0v) is 19.9. The lowest BCUT2D eigenvalue weighted by Gasteiger charge is -2.11. The third-order valence-electron chi connectivity index (χ3n) is 5.44. The van der Waals surface area contributed by atoms with E-state index in [-0.39, 0.29) is 0 Å². The smallest absolute Gasteiger partial charge is 0.118 e. The Balaban J connectivity index is 1.82. The third kappa shape index (κ3) is 5.50. The van der Waals surface area contributed by atoms with E-state index >= 15 is 0 Å². The normalized spacial score (nSPS) is 9.88. The van der Waals surface area contributed by atoms with Gasteiger partial charge in [0.15, 0.2) is 0 Å². The van der Waals surface area contributed by atoms with Gasteiger partial charge in [-0.2, -0.15) is 0 Å². The van der Waals surface area contributed by atoms with Gasteiger partial charge in [0.25, 0.3) is 0 Å². The highest BCUT2D eigenvalue weighted by Gasteiger charge is 2.10. The Morgan fingerprint density at radius 1 is 0.529 bits per heavy atom. The molecule has 0 aromatic heterocycles.